The second-order valence-corrected chi connectivity index (χ2v) is 4.26. The second-order valence-electron chi connectivity index (χ2n) is 4.26. The first-order valence-corrected chi connectivity index (χ1v) is 5.95. The normalized spacial score (nSPS) is 10.6. The fraction of sp³-hybridized carbons (Fsp3) is 0.0714. The molecule has 3 rings (SSSR count). The lowest BCUT2D eigenvalue weighted by molar-refractivity contribution is 0.891. The molecule has 5 heteroatoms. The first-order valence-electron chi connectivity index (χ1n) is 5.95. The largest absolute Gasteiger partial charge is 0.368 e. The summed E-state index contributed by atoms with van der Waals surface area (Å²) in [7, 11) is 0. The van der Waals surface area contributed by atoms with Gasteiger partial charge in [-0.1, -0.05) is 23.8 Å². The third kappa shape index (κ3) is 2.18. The first-order chi connectivity index (χ1) is 9.24. The van der Waals surface area contributed by atoms with Gasteiger partial charge in [0.05, 0.1) is 5.69 Å². The average Bonchev–Trinajstić information content (AvgIpc) is 2.83. The SMILES string of the molecule is Cc1ccc(-n2nc(-c3ccccn3)nc2N)cc1. The second kappa shape index (κ2) is 4.53. The van der Waals surface area contributed by atoms with E-state index in [4.69, 9.17) is 5.73 Å². The lowest BCUT2D eigenvalue weighted by Gasteiger charge is -2.02. The van der Waals surface area contributed by atoms with Crippen LogP contribution in [0.4, 0.5) is 5.95 Å². The molecule has 94 valence electrons. The molecule has 5 nitrogen and oxygen atoms in total. The summed E-state index contributed by atoms with van der Waals surface area (Å²) in [5, 5.41) is 4.40. The maximum absolute atomic E-state index is 5.91. The Morgan fingerprint density at radius 3 is 2.53 bits per heavy atom. The molecule has 0 aliphatic rings. The van der Waals surface area contributed by atoms with Crippen LogP contribution in [0.2, 0.25) is 0 Å². The minimum Gasteiger partial charge on any atom is -0.368 e. The van der Waals surface area contributed by atoms with Gasteiger partial charge in [-0.2, -0.15) is 9.67 Å². The van der Waals surface area contributed by atoms with Crippen molar-refractivity contribution in [2.75, 3.05) is 5.73 Å². The van der Waals surface area contributed by atoms with E-state index in [0.717, 1.165) is 5.69 Å². The lowest BCUT2D eigenvalue weighted by Crippen LogP contribution is -2.02. The van der Waals surface area contributed by atoms with Crippen molar-refractivity contribution in [1.82, 2.24) is 19.7 Å². The van der Waals surface area contributed by atoms with E-state index in [-0.39, 0.29) is 0 Å². The number of hydrogen-bond donors (Lipinski definition) is 1. The maximum Gasteiger partial charge on any atom is 0.223 e. The average molecular weight is 251 g/mol. The van der Waals surface area contributed by atoms with Gasteiger partial charge in [0.2, 0.25) is 11.8 Å². The molecule has 0 unspecified atom stereocenters. The van der Waals surface area contributed by atoms with Gasteiger partial charge >= 0.3 is 0 Å². The Bertz CT molecular complexity index is 686. The van der Waals surface area contributed by atoms with E-state index in [9.17, 15) is 0 Å². The number of nitrogens with zero attached hydrogens (tertiary/aromatic N) is 4. The van der Waals surface area contributed by atoms with Crippen molar-refractivity contribution < 1.29 is 0 Å². The Labute approximate surface area is 110 Å². The fourth-order valence-electron chi connectivity index (χ4n) is 1.80. The van der Waals surface area contributed by atoms with E-state index in [1.54, 1.807) is 10.9 Å². The predicted octanol–water partition coefficient (Wildman–Crippen LogP) is 2.22. The molecule has 0 aliphatic carbocycles. The van der Waals surface area contributed by atoms with Crippen LogP contribution in [0.5, 0.6) is 0 Å². The lowest BCUT2D eigenvalue weighted by atomic mass is 10.2. The van der Waals surface area contributed by atoms with Gasteiger partial charge in [-0.15, -0.1) is 5.10 Å². The molecule has 0 saturated heterocycles. The summed E-state index contributed by atoms with van der Waals surface area (Å²) in [6.07, 6.45) is 1.71. The highest BCUT2D eigenvalue weighted by Crippen LogP contribution is 2.17. The van der Waals surface area contributed by atoms with Crippen LogP contribution in [-0.2, 0) is 0 Å². The Hall–Kier alpha value is -2.69. The highest BCUT2D eigenvalue weighted by atomic mass is 15.4. The molecular formula is C14H13N5. The van der Waals surface area contributed by atoms with Crippen molar-refractivity contribution in [3.8, 4) is 17.2 Å². The number of anilines is 1. The van der Waals surface area contributed by atoms with Gasteiger partial charge in [-0.25, -0.2) is 0 Å². The Balaban J connectivity index is 2.05. The van der Waals surface area contributed by atoms with Crippen LogP contribution in [0.25, 0.3) is 17.2 Å². The van der Waals surface area contributed by atoms with Gasteiger partial charge in [-0.3, -0.25) is 4.98 Å². The number of nitrogen functional groups attached to an aromatic ring is 1. The summed E-state index contributed by atoms with van der Waals surface area (Å²) in [4.78, 5) is 8.46. The minimum atomic E-state index is 0.351. The summed E-state index contributed by atoms with van der Waals surface area (Å²) in [5.74, 6) is 0.878. The Morgan fingerprint density at radius 1 is 1.05 bits per heavy atom. The number of benzene rings is 1. The molecule has 2 N–H and O–H groups in total. The summed E-state index contributed by atoms with van der Waals surface area (Å²) in [5.41, 5.74) is 8.69. The van der Waals surface area contributed by atoms with Gasteiger partial charge in [0.15, 0.2) is 0 Å². The molecule has 2 aromatic heterocycles. The molecule has 1 aromatic carbocycles. The number of pyridine rings is 1. The van der Waals surface area contributed by atoms with Gasteiger partial charge in [0.25, 0.3) is 0 Å². The number of aryl methyl sites for hydroxylation is 1. The highest BCUT2D eigenvalue weighted by Gasteiger charge is 2.10. The Kier molecular flexibility index (Phi) is 2.72. The summed E-state index contributed by atoms with van der Waals surface area (Å²) >= 11 is 0. The van der Waals surface area contributed by atoms with E-state index in [2.05, 4.69) is 15.1 Å². The van der Waals surface area contributed by atoms with Crippen LogP contribution in [0.1, 0.15) is 5.56 Å². The van der Waals surface area contributed by atoms with E-state index in [1.807, 2.05) is 49.4 Å². The number of aromatic nitrogens is 4. The maximum atomic E-state index is 5.91. The zero-order chi connectivity index (χ0) is 13.2. The Morgan fingerprint density at radius 2 is 1.84 bits per heavy atom. The van der Waals surface area contributed by atoms with Gasteiger partial charge in [0, 0.05) is 6.20 Å². The van der Waals surface area contributed by atoms with E-state index >= 15 is 0 Å². The smallest absolute Gasteiger partial charge is 0.223 e. The quantitative estimate of drug-likeness (QED) is 0.758. The molecule has 0 radical (unpaired) electrons. The van der Waals surface area contributed by atoms with E-state index < -0.39 is 0 Å². The molecule has 2 heterocycles. The molecule has 0 amide bonds. The van der Waals surface area contributed by atoms with Gasteiger partial charge < -0.3 is 5.73 Å². The highest BCUT2D eigenvalue weighted by molar-refractivity contribution is 5.52. The molecule has 0 atom stereocenters. The molecule has 0 saturated carbocycles. The monoisotopic (exact) mass is 251 g/mol. The molecule has 19 heavy (non-hydrogen) atoms. The number of rotatable bonds is 2. The van der Waals surface area contributed by atoms with Crippen molar-refractivity contribution in [3.63, 3.8) is 0 Å². The van der Waals surface area contributed by atoms with Crippen LogP contribution >= 0.6 is 0 Å². The van der Waals surface area contributed by atoms with Gasteiger partial charge in [-0.05, 0) is 31.2 Å². The van der Waals surface area contributed by atoms with Crippen molar-refractivity contribution in [3.05, 3.63) is 54.2 Å². The van der Waals surface area contributed by atoms with Gasteiger partial charge in [0.1, 0.15) is 5.69 Å². The molecule has 0 aliphatic heterocycles. The number of nitrogens with two attached hydrogens (primary N) is 1. The summed E-state index contributed by atoms with van der Waals surface area (Å²) in [6, 6.07) is 13.5. The zero-order valence-corrected chi connectivity index (χ0v) is 10.5. The van der Waals surface area contributed by atoms with E-state index in [0.29, 0.717) is 17.5 Å². The summed E-state index contributed by atoms with van der Waals surface area (Å²) in [6.45, 7) is 2.04. The number of hydrogen-bond acceptors (Lipinski definition) is 4. The zero-order valence-electron chi connectivity index (χ0n) is 10.5. The van der Waals surface area contributed by atoms with Crippen molar-refractivity contribution in [1.29, 1.82) is 0 Å². The van der Waals surface area contributed by atoms with Crippen molar-refractivity contribution in [2.45, 2.75) is 6.92 Å². The molecule has 0 spiro atoms. The van der Waals surface area contributed by atoms with Crippen molar-refractivity contribution in [2.24, 2.45) is 0 Å². The van der Waals surface area contributed by atoms with Crippen LogP contribution in [0.15, 0.2) is 48.7 Å². The third-order valence-electron chi connectivity index (χ3n) is 2.80. The fourth-order valence-corrected chi connectivity index (χ4v) is 1.80. The molecule has 3 aromatic rings. The van der Waals surface area contributed by atoms with E-state index in [1.165, 1.54) is 5.56 Å². The van der Waals surface area contributed by atoms with Crippen LogP contribution < -0.4 is 5.73 Å². The minimum absolute atomic E-state index is 0.351. The topological polar surface area (TPSA) is 69.6 Å². The standard InChI is InChI=1S/C14H13N5/c1-10-5-7-11(8-6-10)19-14(15)17-13(18-19)12-4-2-3-9-16-12/h2-9H,1H3,(H2,15,17,18). The predicted molar refractivity (Wildman–Crippen MR) is 73.7 cm³/mol. The molecule has 0 fully saturated rings. The molecular weight excluding hydrogens is 238 g/mol. The third-order valence-corrected chi connectivity index (χ3v) is 2.80. The van der Waals surface area contributed by atoms with Crippen molar-refractivity contribution >= 4 is 5.95 Å². The van der Waals surface area contributed by atoms with Crippen LogP contribution in [0, 0.1) is 6.92 Å². The molecule has 0 bridgehead atoms. The first kappa shape index (κ1) is 11.4. The van der Waals surface area contributed by atoms with Crippen LogP contribution in [-0.4, -0.2) is 19.7 Å². The summed E-state index contributed by atoms with van der Waals surface area (Å²) < 4.78 is 1.61. The van der Waals surface area contributed by atoms with Crippen LogP contribution in [0.3, 0.4) is 0 Å².